The summed E-state index contributed by atoms with van der Waals surface area (Å²) in [7, 11) is 0. The van der Waals surface area contributed by atoms with Gasteiger partial charge in [-0.3, -0.25) is 9.69 Å². The van der Waals surface area contributed by atoms with Crippen LogP contribution in [0.5, 0.6) is 0 Å². The number of amides is 1. The van der Waals surface area contributed by atoms with Gasteiger partial charge in [0.15, 0.2) is 5.82 Å². The second-order valence-corrected chi connectivity index (χ2v) is 5.30. The highest BCUT2D eigenvalue weighted by Gasteiger charge is 2.19. The lowest BCUT2D eigenvalue weighted by molar-refractivity contribution is -0.124. The molecule has 3 heterocycles. The first-order valence-corrected chi connectivity index (χ1v) is 6.70. The molecule has 19 heavy (non-hydrogen) atoms. The molecule has 2 aromatic heterocycles. The van der Waals surface area contributed by atoms with Crippen molar-refractivity contribution < 1.29 is 4.79 Å². The lowest BCUT2D eigenvalue weighted by atomic mass is 10.3. The lowest BCUT2D eigenvalue weighted by Gasteiger charge is -2.25. The molecule has 1 amide bonds. The molecule has 1 aliphatic heterocycles. The maximum Gasteiger partial charge on any atom is 0.234 e. The van der Waals surface area contributed by atoms with Crippen molar-refractivity contribution in [2.24, 2.45) is 0 Å². The molecule has 0 aliphatic carbocycles. The number of nitrogens with two attached hydrogens (primary N) is 1. The molecule has 7 nitrogen and oxygen atoms in total. The first-order chi connectivity index (χ1) is 9.15. The minimum absolute atomic E-state index is 0.0558. The number of rotatable bonds is 2. The van der Waals surface area contributed by atoms with E-state index in [2.05, 4.69) is 36.2 Å². The van der Waals surface area contributed by atoms with E-state index in [-0.39, 0.29) is 5.91 Å². The zero-order valence-corrected chi connectivity index (χ0v) is 11.7. The number of nitrogens with zero attached hydrogens (tertiary/aromatic N) is 4. The van der Waals surface area contributed by atoms with Gasteiger partial charge in [-0.05, 0) is 22.0 Å². The third-order valence-corrected chi connectivity index (χ3v) is 3.72. The quantitative estimate of drug-likeness (QED) is 0.812. The van der Waals surface area contributed by atoms with E-state index < -0.39 is 0 Å². The monoisotopic (exact) mass is 324 g/mol. The van der Waals surface area contributed by atoms with Crippen LogP contribution in [0.1, 0.15) is 5.69 Å². The van der Waals surface area contributed by atoms with E-state index in [1.54, 1.807) is 4.52 Å². The molecule has 2 aromatic rings. The second kappa shape index (κ2) is 4.78. The Bertz CT molecular complexity index is 639. The van der Waals surface area contributed by atoms with Gasteiger partial charge in [-0.25, -0.2) is 9.50 Å². The van der Waals surface area contributed by atoms with Gasteiger partial charge in [0.05, 0.1) is 12.2 Å². The van der Waals surface area contributed by atoms with Crippen molar-refractivity contribution in [1.82, 2.24) is 24.8 Å². The number of fused-ring (bicyclic) bond motifs is 1. The summed E-state index contributed by atoms with van der Waals surface area (Å²) in [5.41, 5.74) is 7.59. The Morgan fingerprint density at radius 2 is 2.37 bits per heavy atom. The predicted octanol–water partition coefficient (Wildman–Crippen LogP) is 0.00580. The maximum atomic E-state index is 11.4. The van der Waals surface area contributed by atoms with Gasteiger partial charge in [-0.2, -0.15) is 5.10 Å². The van der Waals surface area contributed by atoms with E-state index in [1.807, 2.05) is 6.07 Å². The number of nitrogens with one attached hydrogen (secondary N) is 1. The Morgan fingerprint density at radius 1 is 1.53 bits per heavy atom. The lowest BCUT2D eigenvalue weighted by Crippen LogP contribution is -2.47. The second-order valence-electron chi connectivity index (χ2n) is 4.45. The Morgan fingerprint density at radius 3 is 3.16 bits per heavy atom. The molecule has 1 saturated heterocycles. The summed E-state index contributed by atoms with van der Waals surface area (Å²) in [6.45, 7) is 2.57. The number of piperazine rings is 1. The van der Waals surface area contributed by atoms with Crippen LogP contribution in [0.15, 0.2) is 16.9 Å². The van der Waals surface area contributed by atoms with Crippen molar-refractivity contribution in [2.45, 2.75) is 6.54 Å². The maximum absolute atomic E-state index is 11.4. The van der Waals surface area contributed by atoms with Gasteiger partial charge >= 0.3 is 0 Å². The van der Waals surface area contributed by atoms with E-state index in [0.29, 0.717) is 25.5 Å². The molecule has 8 heteroatoms. The van der Waals surface area contributed by atoms with Crippen LogP contribution < -0.4 is 11.1 Å². The van der Waals surface area contributed by atoms with Crippen LogP contribution in [0.25, 0.3) is 5.52 Å². The summed E-state index contributed by atoms with van der Waals surface area (Å²) < 4.78 is 2.63. The number of nitrogen functional groups attached to an aromatic ring is 1. The van der Waals surface area contributed by atoms with Crippen LogP contribution in [0.3, 0.4) is 0 Å². The third kappa shape index (κ3) is 2.28. The fourth-order valence-corrected chi connectivity index (χ4v) is 2.89. The average molecular weight is 325 g/mol. The standard InChI is InChI=1S/C11H13BrN6O/c12-8-3-7(4-17-2-1-14-9(19)5-17)18-10(8)11(13)15-6-16-18/h3,6H,1-2,4-5H2,(H,14,19)(H2,13,15,16). The molecule has 0 saturated carbocycles. The van der Waals surface area contributed by atoms with Crippen molar-refractivity contribution in [3.63, 3.8) is 0 Å². The highest BCUT2D eigenvalue weighted by atomic mass is 79.9. The van der Waals surface area contributed by atoms with Gasteiger partial charge in [-0.1, -0.05) is 0 Å². The Kier molecular flexibility index (Phi) is 3.11. The van der Waals surface area contributed by atoms with Gasteiger partial charge < -0.3 is 11.1 Å². The highest BCUT2D eigenvalue weighted by molar-refractivity contribution is 9.10. The topological polar surface area (TPSA) is 88.5 Å². The first-order valence-electron chi connectivity index (χ1n) is 5.91. The summed E-state index contributed by atoms with van der Waals surface area (Å²) in [6.07, 6.45) is 1.43. The number of carbonyl (C=O) groups excluding carboxylic acids is 1. The highest BCUT2D eigenvalue weighted by Crippen LogP contribution is 2.25. The number of anilines is 1. The SMILES string of the molecule is Nc1ncnn2c(CN3CCNC(=O)C3)cc(Br)c12. The van der Waals surface area contributed by atoms with E-state index >= 15 is 0 Å². The predicted molar refractivity (Wildman–Crippen MR) is 73.4 cm³/mol. The third-order valence-electron chi connectivity index (χ3n) is 3.11. The minimum atomic E-state index is 0.0558. The summed E-state index contributed by atoms with van der Waals surface area (Å²) >= 11 is 3.47. The first kappa shape index (κ1) is 12.4. The average Bonchev–Trinajstić information content (AvgIpc) is 2.68. The van der Waals surface area contributed by atoms with Crippen molar-refractivity contribution in [2.75, 3.05) is 25.4 Å². The Hall–Kier alpha value is -1.67. The van der Waals surface area contributed by atoms with Crippen LogP contribution in [0.4, 0.5) is 5.82 Å². The molecule has 100 valence electrons. The molecule has 3 N–H and O–H groups in total. The van der Waals surface area contributed by atoms with Gasteiger partial charge in [0.25, 0.3) is 0 Å². The molecule has 1 fully saturated rings. The summed E-state index contributed by atoms with van der Waals surface area (Å²) in [4.78, 5) is 17.4. The number of hydrogen-bond acceptors (Lipinski definition) is 5. The van der Waals surface area contributed by atoms with Crippen LogP contribution in [0.2, 0.25) is 0 Å². The number of hydrogen-bond donors (Lipinski definition) is 2. The van der Waals surface area contributed by atoms with Crippen LogP contribution in [0, 0.1) is 0 Å². The molecule has 0 spiro atoms. The molecule has 0 radical (unpaired) electrons. The van der Waals surface area contributed by atoms with Crippen LogP contribution in [-0.4, -0.2) is 45.0 Å². The fraction of sp³-hybridized carbons (Fsp3) is 0.364. The minimum Gasteiger partial charge on any atom is -0.382 e. The number of halogens is 1. The molecular weight excluding hydrogens is 312 g/mol. The normalized spacial score (nSPS) is 16.8. The molecule has 0 bridgehead atoms. The summed E-state index contributed by atoms with van der Waals surface area (Å²) in [5.74, 6) is 0.491. The van der Waals surface area contributed by atoms with E-state index in [9.17, 15) is 4.79 Å². The van der Waals surface area contributed by atoms with Crippen LogP contribution >= 0.6 is 15.9 Å². The van der Waals surface area contributed by atoms with Crippen molar-refractivity contribution >= 4 is 33.2 Å². The zero-order valence-electron chi connectivity index (χ0n) is 10.1. The molecule has 1 aliphatic rings. The van der Waals surface area contributed by atoms with Gasteiger partial charge in [0.2, 0.25) is 5.91 Å². The van der Waals surface area contributed by atoms with E-state index in [4.69, 9.17) is 5.73 Å². The smallest absolute Gasteiger partial charge is 0.234 e. The summed E-state index contributed by atoms with van der Waals surface area (Å²) in [6, 6.07) is 1.97. The number of carbonyl (C=O) groups is 1. The Labute approximate surface area is 117 Å². The largest absolute Gasteiger partial charge is 0.382 e. The van der Waals surface area contributed by atoms with Crippen molar-refractivity contribution in [3.8, 4) is 0 Å². The van der Waals surface area contributed by atoms with Gasteiger partial charge in [0.1, 0.15) is 11.8 Å². The van der Waals surface area contributed by atoms with Gasteiger partial charge in [-0.15, -0.1) is 0 Å². The Balaban J connectivity index is 1.93. The molecule has 0 atom stereocenters. The molecule has 0 unspecified atom stereocenters. The molecular formula is C11H13BrN6O. The van der Waals surface area contributed by atoms with E-state index in [0.717, 1.165) is 22.2 Å². The number of aromatic nitrogens is 3. The summed E-state index contributed by atoms with van der Waals surface area (Å²) in [5, 5.41) is 7.02. The zero-order chi connectivity index (χ0) is 13.4. The van der Waals surface area contributed by atoms with Crippen LogP contribution in [-0.2, 0) is 11.3 Å². The van der Waals surface area contributed by atoms with E-state index in [1.165, 1.54) is 6.33 Å². The molecule has 3 rings (SSSR count). The van der Waals surface area contributed by atoms with Crippen molar-refractivity contribution in [1.29, 1.82) is 0 Å². The van der Waals surface area contributed by atoms with Crippen molar-refractivity contribution in [3.05, 3.63) is 22.6 Å². The fourth-order valence-electron chi connectivity index (χ4n) is 2.25. The van der Waals surface area contributed by atoms with Gasteiger partial charge in [0, 0.05) is 24.1 Å². The molecule has 0 aromatic carbocycles.